The average molecular weight is 466 g/mol. The third-order valence-corrected chi connectivity index (χ3v) is 6.35. The number of aliphatic imine (C=N–C) groups is 1. The van der Waals surface area contributed by atoms with Gasteiger partial charge in [0, 0.05) is 31.2 Å². The molecule has 0 spiro atoms. The molecule has 1 aromatic carbocycles. The summed E-state index contributed by atoms with van der Waals surface area (Å²) in [5.74, 6) is 1.14. The van der Waals surface area contributed by atoms with E-state index >= 15 is 0 Å². The van der Waals surface area contributed by atoms with Crippen LogP contribution in [0, 0.1) is 18.6 Å². The van der Waals surface area contributed by atoms with E-state index in [2.05, 4.69) is 33.6 Å². The molecule has 176 valence electrons. The van der Waals surface area contributed by atoms with Crippen LogP contribution >= 0.6 is 0 Å². The Bertz CT molecular complexity index is 1340. The Hall–Kier alpha value is -3.86. The van der Waals surface area contributed by atoms with Gasteiger partial charge in [-0.1, -0.05) is 13.5 Å². The van der Waals surface area contributed by atoms with Crippen molar-refractivity contribution in [2.24, 2.45) is 10.7 Å². The van der Waals surface area contributed by atoms with Crippen molar-refractivity contribution in [3.8, 4) is 11.4 Å². The molecule has 5 rings (SSSR count). The van der Waals surface area contributed by atoms with Gasteiger partial charge in [0.05, 0.1) is 18.8 Å². The molecule has 4 heterocycles. The lowest BCUT2D eigenvalue weighted by molar-refractivity contribution is -0.0460. The summed E-state index contributed by atoms with van der Waals surface area (Å²) in [6.45, 7) is 9.52. The molecule has 9 nitrogen and oxygen atoms in total. The first-order chi connectivity index (χ1) is 16.4. The van der Waals surface area contributed by atoms with Crippen LogP contribution in [0.15, 0.2) is 48.4 Å². The van der Waals surface area contributed by atoms with Crippen molar-refractivity contribution < 1.29 is 13.5 Å². The second kappa shape index (κ2) is 8.17. The van der Waals surface area contributed by atoms with Gasteiger partial charge < -0.3 is 15.4 Å². The first kappa shape index (κ1) is 22.0. The maximum atomic E-state index is 14.5. The first-order valence-electron chi connectivity index (χ1n) is 10.9. The number of nitrogens with zero attached hydrogens (tertiary/aromatic N) is 7. The maximum Gasteiger partial charge on any atom is 0.166 e. The summed E-state index contributed by atoms with van der Waals surface area (Å²) >= 11 is 0. The summed E-state index contributed by atoms with van der Waals surface area (Å²) in [6.07, 6.45) is 5.30. The van der Waals surface area contributed by atoms with E-state index in [4.69, 9.17) is 15.5 Å². The van der Waals surface area contributed by atoms with Crippen molar-refractivity contribution in [3.63, 3.8) is 0 Å². The van der Waals surface area contributed by atoms with Crippen LogP contribution in [0.1, 0.15) is 25.0 Å². The standard InChI is InChI=1S/C23H24F2N8O/c1-4-23-13-34-10-9-32(23)21(19(12-26)33-15(3)29-30-22(23)33)28-14(2)31-8-7-27-20(31)17-6-5-16(24)11-18(17)25/h5-8,11-12H,2,4,9-10,13,26H2,1,3H3/b19-12+,28-21+/t23-/m0/s1. The molecule has 0 bridgehead atoms. The highest BCUT2D eigenvalue weighted by atomic mass is 19.1. The fourth-order valence-corrected chi connectivity index (χ4v) is 4.65. The lowest BCUT2D eigenvalue weighted by atomic mass is 9.89. The van der Waals surface area contributed by atoms with Gasteiger partial charge in [0.25, 0.3) is 0 Å². The minimum atomic E-state index is -0.726. The van der Waals surface area contributed by atoms with E-state index in [1.165, 1.54) is 24.5 Å². The van der Waals surface area contributed by atoms with Crippen molar-refractivity contribution in [3.05, 3.63) is 66.7 Å². The van der Waals surface area contributed by atoms with Gasteiger partial charge in [-0.2, -0.15) is 0 Å². The monoisotopic (exact) mass is 466 g/mol. The summed E-state index contributed by atoms with van der Waals surface area (Å²) < 4.78 is 37.2. The molecular formula is C23H24F2N8O. The summed E-state index contributed by atoms with van der Waals surface area (Å²) in [7, 11) is 0. The number of halogens is 2. The predicted molar refractivity (Wildman–Crippen MR) is 123 cm³/mol. The number of amidine groups is 1. The van der Waals surface area contributed by atoms with E-state index < -0.39 is 17.2 Å². The third-order valence-electron chi connectivity index (χ3n) is 6.35. The van der Waals surface area contributed by atoms with E-state index in [0.717, 1.165) is 11.9 Å². The van der Waals surface area contributed by atoms with E-state index in [9.17, 15) is 8.78 Å². The van der Waals surface area contributed by atoms with Gasteiger partial charge in [0.15, 0.2) is 11.7 Å². The second-order valence-electron chi connectivity index (χ2n) is 8.14. The number of nitrogens with two attached hydrogens (primary N) is 1. The highest BCUT2D eigenvalue weighted by molar-refractivity contribution is 6.19. The minimum absolute atomic E-state index is 0.136. The Kier molecular flexibility index (Phi) is 5.28. The summed E-state index contributed by atoms with van der Waals surface area (Å²) in [4.78, 5) is 11.2. The van der Waals surface area contributed by atoms with Gasteiger partial charge in [-0.25, -0.2) is 18.8 Å². The van der Waals surface area contributed by atoms with Crippen LogP contribution in [-0.4, -0.2) is 54.8 Å². The van der Waals surface area contributed by atoms with E-state index in [0.29, 0.717) is 43.5 Å². The Morgan fingerprint density at radius 2 is 2.18 bits per heavy atom. The zero-order valence-corrected chi connectivity index (χ0v) is 18.9. The number of hydrogen-bond acceptors (Lipinski definition) is 6. The molecule has 2 aliphatic heterocycles. The van der Waals surface area contributed by atoms with Crippen molar-refractivity contribution in [1.82, 2.24) is 29.2 Å². The number of hydrogen-bond donors (Lipinski definition) is 1. The lowest BCUT2D eigenvalue weighted by Gasteiger charge is -2.50. The Labute approximate surface area is 194 Å². The summed E-state index contributed by atoms with van der Waals surface area (Å²) in [6, 6.07) is 3.34. The van der Waals surface area contributed by atoms with Crippen LogP contribution in [0.2, 0.25) is 0 Å². The van der Waals surface area contributed by atoms with E-state index in [-0.39, 0.29) is 17.2 Å². The molecule has 3 aromatic rings. The van der Waals surface area contributed by atoms with Crippen LogP contribution in [0.3, 0.4) is 0 Å². The lowest BCUT2D eigenvalue weighted by Crippen LogP contribution is -2.61. The van der Waals surface area contributed by atoms with E-state index in [1.54, 1.807) is 10.8 Å². The molecule has 2 aliphatic rings. The number of fused-ring (bicyclic) bond motifs is 3. The number of benzene rings is 1. The summed E-state index contributed by atoms with van der Waals surface area (Å²) in [5.41, 5.74) is 6.25. The van der Waals surface area contributed by atoms with Gasteiger partial charge in [0.1, 0.15) is 40.3 Å². The summed E-state index contributed by atoms with van der Waals surface area (Å²) in [5, 5.41) is 8.73. The molecule has 1 fully saturated rings. The van der Waals surface area contributed by atoms with Gasteiger partial charge >= 0.3 is 0 Å². The Balaban J connectivity index is 1.65. The Morgan fingerprint density at radius 1 is 1.35 bits per heavy atom. The number of aryl methyl sites for hydroxylation is 1. The molecular weight excluding hydrogens is 442 g/mol. The molecule has 2 aromatic heterocycles. The normalized spacial score (nSPS) is 22.2. The van der Waals surface area contributed by atoms with Crippen LogP contribution in [0.25, 0.3) is 22.9 Å². The molecule has 1 saturated heterocycles. The topological polar surface area (TPSA) is 99.4 Å². The maximum absolute atomic E-state index is 14.5. The minimum Gasteiger partial charge on any atom is -0.403 e. The molecule has 11 heteroatoms. The molecule has 2 N–H and O–H groups in total. The van der Waals surface area contributed by atoms with Crippen LogP contribution < -0.4 is 5.73 Å². The number of morpholine rings is 1. The van der Waals surface area contributed by atoms with Crippen LogP contribution in [-0.2, 0) is 10.3 Å². The molecule has 0 saturated carbocycles. The quantitative estimate of drug-likeness (QED) is 0.635. The first-order valence-corrected chi connectivity index (χ1v) is 10.9. The van der Waals surface area contributed by atoms with Crippen LogP contribution in [0.4, 0.5) is 8.78 Å². The number of imidazole rings is 1. The fourth-order valence-electron chi connectivity index (χ4n) is 4.65. The van der Waals surface area contributed by atoms with Crippen LogP contribution in [0.5, 0.6) is 0 Å². The molecule has 34 heavy (non-hydrogen) atoms. The predicted octanol–water partition coefficient (Wildman–Crippen LogP) is 2.96. The van der Waals surface area contributed by atoms with Gasteiger partial charge in [-0.3, -0.25) is 9.13 Å². The Morgan fingerprint density at radius 3 is 2.91 bits per heavy atom. The SMILES string of the molecule is C=C(/N=C1\C(=C/N)n2c(C)nnc2[C@]2(CC)COCCN12)n1ccnc1-c1ccc(F)cc1F. The highest BCUT2D eigenvalue weighted by Gasteiger charge is 2.50. The average Bonchev–Trinajstić information content (AvgIpc) is 3.47. The second-order valence-corrected chi connectivity index (χ2v) is 8.14. The highest BCUT2D eigenvalue weighted by Crippen LogP contribution is 2.41. The van der Waals surface area contributed by atoms with Crippen molar-refractivity contribution in [2.75, 3.05) is 19.8 Å². The molecule has 0 amide bonds. The van der Waals surface area contributed by atoms with Crippen molar-refractivity contribution in [1.29, 1.82) is 0 Å². The fraction of sp³-hybridized carbons (Fsp3) is 0.304. The van der Waals surface area contributed by atoms with Crippen molar-refractivity contribution >= 4 is 17.4 Å². The van der Waals surface area contributed by atoms with Crippen molar-refractivity contribution in [2.45, 2.75) is 25.8 Å². The van der Waals surface area contributed by atoms with Gasteiger partial charge in [-0.15, -0.1) is 10.2 Å². The zero-order valence-electron chi connectivity index (χ0n) is 18.9. The smallest absolute Gasteiger partial charge is 0.166 e. The van der Waals surface area contributed by atoms with E-state index in [1.807, 2.05) is 11.5 Å². The number of ether oxygens (including phenoxy) is 1. The molecule has 0 radical (unpaired) electrons. The van der Waals surface area contributed by atoms with Gasteiger partial charge in [-0.05, 0) is 25.5 Å². The number of aromatic nitrogens is 5. The molecule has 0 unspecified atom stereocenters. The van der Waals surface area contributed by atoms with Gasteiger partial charge in [0.2, 0.25) is 0 Å². The third kappa shape index (κ3) is 3.15. The molecule has 1 atom stereocenters. The molecule has 0 aliphatic carbocycles. The largest absolute Gasteiger partial charge is 0.403 e. The number of rotatable bonds is 4. The zero-order chi connectivity index (χ0) is 24.0.